The lowest BCUT2D eigenvalue weighted by Crippen LogP contribution is -1.95. The van der Waals surface area contributed by atoms with E-state index < -0.39 is 0 Å². The van der Waals surface area contributed by atoms with Gasteiger partial charge in [0.05, 0.1) is 12.5 Å². The molecule has 0 radical (unpaired) electrons. The lowest BCUT2D eigenvalue weighted by Gasteiger charge is -2.16. The van der Waals surface area contributed by atoms with Crippen LogP contribution in [0.5, 0.6) is 5.75 Å². The molecule has 0 aliphatic heterocycles. The second-order valence-electron chi connectivity index (χ2n) is 7.03. The minimum absolute atomic E-state index is 0.314. The molecule has 0 bridgehead atoms. The van der Waals surface area contributed by atoms with Crippen molar-refractivity contribution >= 4 is 5.57 Å². The highest BCUT2D eigenvalue weighted by Gasteiger charge is 2.14. The van der Waals surface area contributed by atoms with Crippen LogP contribution < -0.4 is 0 Å². The maximum absolute atomic E-state index is 9.68. The Kier molecular flexibility index (Phi) is 4.92. The predicted molar refractivity (Wildman–Crippen MR) is 106 cm³/mol. The summed E-state index contributed by atoms with van der Waals surface area (Å²) in [5, 5.41) is 9.68. The van der Waals surface area contributed by atoms with Crippen molar-refractivity contribution in [1.82, 2.24) is 0 Å². The van der Waals surface area contributed by atoms with Gasteiger partial charge in [-0.3, -0.25) is 0 Å². The van der Waals surface area contributed by atoms with Crippen molar-refractivity contribution in [3.8, 4) is 16.9 Å². The Morgan fingerprint density at radius 2 is 1.31 bits per heavy atom. The number of aromatic hydroxyl groups is 1. The number of benzene rings is 2. The molecule has 1 fully saturated rings. The normalized spacial score (nSPS) is 14.8. The van der Waals surface area contributed by atoms with Gasteiger partial charge in [-0.15, -0.1) is 0 Å². The van der Waals surface area contributed by atoms with E-state index in [1.54, 1.807) is 30.2 Å². The third-order valence-electron chi connectivity index (χ3n) is 5.24. The number of rotatable bonds is 3. The second kappa shape index (κ2) is 7.65. The number of allylic oxidation sites excluding steroid dienone is 1. The zero-order valence-corrected chi connectivity index (χ0v) is 14.9. The zero-order valence-electron chi connectivity index (χ0n) is 14.9. The van der Waals surface area contributed by atoms with E-state index in [9.17, 15) is 5.11 Å². The maximum Gasteiger partial charge on any atom is 0.115 e. The molecule has 1 aromatic heterocycles. The van der Waals surface area contributed by atoms with E-state index >= 15 is 0 Å². The number of furan rings is 1. The lowest BCUT2D eigenvalue weighted by molar-refractivity contribution is 0.475. The van der Waals surface area contributed by atoms with Crippen LogP contribution in [0.3, 0.4) is 0 Å². The van der Waals surface area contributed by atoms with Gasteiger partial charge in [0, 0.05) is 5.56 Å². The average Bonchev–Trinajstić information content (AvgIpc) is 3.08. The smallest absolute Gasteiger partial charge is 0.115 e. The number of phenols is 1. The Balaban J connectivity index is 1.77. The summed E-state index contributed by atoms with van der Waals surface area (Å²) in [7, 11) is 0. The maximum atomic E-state index is 9.68. The molecule has 1 aliphatic rings. The Hall–Kier alpha value is -2.74. The Labute approximate surface area is 154 Å². The summed E-state index contributed by atoms with van der Waals surface area (Å²) in [5.41, 5.74) is 7.59. The molecule has 2 nitrogen and oxygen atoms in total. The molecule has 0 saturated heterocycles. The van der Waals surface area contributed by atoms with Crippen LogP contribution >= 0.6 is 0 Å². The van der Waals surface area contributed by atoms with Gasteiger partial charge in [-0.05, 0) is 66.1 Å². The van der Waals surface area contributed by atoms with Gasteiger partial charge < -0.3 is 9.52 Å². The molecule has 1 saturated carbocycles. The molecule has 1 aliphatic carbocycles. The van der Waals surface area contributed by atoms with E-state index in [1.807, 2.05) is 18.2 Å². The topological polar surface area (TPSA) is 33.4 Å². The van der Waals surface area contributed by atoms with Crippen LogP contribution in [0, 0.1) is 0 Å². The molecule has 2 aromatic carbocycles. The first-order valence-electron chi connectivity index (χ1n) is 9.46. The molecule has 2 heteroatoms. The average molecular weight is 344 g/mol. The highest BCUT2D eigenvalue weighted by atomic mass is 16.3. The first kappa shape index (κ1) is 16.7. The van der Waals surface area contributed by atoms with Crippen molar-refractivity contribution < 1.29 is 9.52 Å². The van der Waals surface area contributed by atoms with E-state index in [1.165, 1.54) is 60.8 Å². The van der Waals surface area contributed by atoms with Gasteiger partial charge in [0.25, 0.3) is 0 Å². The first-order chi connectivity index (χ1) is 12.8. The van der Waals surface area contributed by atoms with Crippen molar-refractivity contribution in [3.05, 3.63) is 83.8 Å². The van der Waals surface area contributed by atoms with E-state index in [0.717, 1.165) is 5.56 Å². The van der Waals surface area contributed by atoms with E-state index in [4.69, 9.17) is 4.42 Å². The molecule has 0 atom stereocenters. The number of hydrogen-bond acceptors (Lipinski definition) is 2. The fourth-order valence-corrected chi connectivity index (χ4v) is 3.87. The van der Waals surface area contributed by atoms with Crippen LogP contribution in [-0.4, -0.2) is 5.11 Å². The fourth-order valence-electron chi connectivity index (χ4n) is 3.87. The number of phenolic OH excluding ortho intramolecular Hbond substituents is 1. The third-order valence-corrected chi connectivity index (χ3v) is 5.24. The summed E-state index contributed by atoms with van der Waals surface area (Å²) in [6, 6.07) is 18.4. The molecule has 0 amide bonds. The largest absolute Gasteiger partial charge is 0.508 e. The summed E-state index contributed by atoms with van der Waals surface area (Å²) >= 11 is 0. The summed E-state index contributed by atoms with van der Waals surface area (Å²) in [6.45, 7) is 0. The number of hydrogen-bond donors (Lipinski definition) is 1. The van der Waals surface area contributed by atoms with Gasteiger partial charge >= 0.3 is 0 Å². The van der Waals surface area contributed by atoms with Crippen LogP contribution in [0.15, 0.2) is 77.1 Å². The van der Waals surface area contributed by atoms with Crippen LogP contribution in [-0.2, 0) is 0 Å². The van der Waals surface area contributed by atoms with Crippen molar-refractivity contribution in [1.29, 1.82) is 0 Å². The standard InChI is InChI=1S/C24H24O2/c25-23-13-11-21(12-14-23)24(19-5-3-1-2-4-6-19)20-9-7-18(8-10-20)22-15-16-26-17-22/h7-17,25H,1-6H2. The minimum atomic E-state index is 0.314. The Bertz CT molecular complexity index is 859. The molecule has 1 N–H and O–H groups in total. The SMILES string of the molecule is Oc1ccc(C(=C2CCCCCC2)c2ccc(-c3ccoc3)cc2)cc1. The van der Waals surface area contributed by atoms with Gasteiger partial charge in [0.2, 0.25) is 0 Å². The summed E-state index contributed by atoms with van der Waals surface area (Å²) in [5.74, 6) is 0.314. The van der Waals surface area contributed by atoms with E-state index in [-0.39, 0.29) is 0 Å². The highest BCUT2D eigenvalue weighted by molar-refractivity contribution is 5.83. The summed E-state index contributed by atoms with van der Waals surface area (Å²) in [6.07, 6.45) is 11.0. The van der Waals surface area contributed by atoms with Crippen LogP contribution in [0.25, 0.3) is 16.7 Å². The molecule has 0 unspecified atom stereocenters. The monoisotopic (exact) mass is 344 g/mol. The van der Waals surface area contributed by atoms with Gasteiger partial charge in [0.15, 0.2) is 0 Å². The minimum Gasteiger partial charge on any atom is -0.508 e. The third kappa shape index (κ3) is 3.60. The summed E-state index contributed by atoms with van der Waals surface area (Å²) < 4.78 is 5.20. The molecule has 3 aromatic rings. The van der Waals surface area contributed by atoms with Gasteiger partial charge in [0.1, 0.15) is 5.75 Å². The molecular weight excluding hydrogens is 320 g/mol. The zero-order chi connectivity index (χ0) is 17.8. The van der Waals surface area contributed by atoms with Crippen LogP contribution in [0.2, 0.25) is 0 Å². The van der Waals surface area contributed by atoms with Gasteiger partial charge in [-0.2, -0.15) is 0 Å². The van der Waals surface area contributed by atoms with Crippen LogP contribution in [0.1, 0.15) is 49.7 Å². The fraction of sp³-hybridized carbons (Fsp3) is 0.250. The molecular formula is C24H24O2. The van der Waals surface area contributed by atoms with Crippen LogP contribution in [0.4, 0.5) is 0 Å². The summed E-state index contributed by atoms with van der Waals surface area (Å²) in [4.78, 5) is 0. The van der Waals surface area contributed by atoms with Crippen molar-refractivity contribution in [2.75, 3.05) is 0 Å². The van der Waals surface area contributed by atoms with Crippen molar-refractivity contribution in [3.63, 3.8) is 0 Å². The van der Waals surface area contributed by atoms with E-state index in [2.05, 4.69) is 24.3 Å². The van der Waals surface area contributed by atoms with Gasteiger partial charge in [-0.25, -0.2) is 0 Å². The van der Waals surface area contributed by atoms with Gasteiger partial charge in [-0.1, -0.05) is 54.8 Å². The quantitative estimate of drug-likeness (QED) is 0.529. The second-order valence-corrected chi connectivity index (χ2v) is 7.03. The molecule has 26 heavy (non-hydrogen) atoms. The Morgan fingerprint density at radius 3 is 1.88 bits per heavy atom. The first-order valence-corrected chi connectivity index (χ1v) is 9.46. The van der Waals surface area contributed by atoms with Crippen molar-refractivity contribution in [2.45, 2.75) is 38.5 Å². The molecule has 4 rings (SSSR count). The van der Waals surface area contributed by atoms with Crippen molar-refractivity contribution in [2.24, 2.45) is 0 Å². The van der Waals surface area contributed by atoms with E-state index in [0.29, 0.717) is 5.75 Å². The molecule has 132 valence electrons. The Morgan fingerprint density at radius 1 is 0.692 bits per heavy atom. The molecule has 1 heterocycles. The predicted octanol–water partition coefficient (Wildman–Crippen LogP) is 6.81. The molecule has 0 spiro atoms. The lowest BCUT2D eigenvalue weighted by atomic mass is 9.89. The highest BCUT2D eigenvalue weighted by Crippen LogP contribution is 2.35.